The van der Waals surface area contributed by atoms with E-state index in [1.54, 1.807) is 59.5 Å². The highest BCUT2D eigenvalue weighted by molar-refractivity contribution is 7.89. The SMILES string of the molecule is C=C/C=C\C.CC.CC(C)Cl.CNCC1OC(=O)N2c3ccc(-c4ccccc4S(N)(=O)=O)cc3OCC[C@@H]12.O=Cc1ccc(Cl)s1. The van der Waals surface area contributed by atoms with E-state index in [1.165, 1.54) is 17.4 Å². The first kappa shape index (κ1) is 41.8. The highest BCUT2D eigenvalue weighted by Crippen LogP contribution is 2.41. The standard InChI is InChI=1S/C19H21N3O5S.C5H3ClOS.C5H8.C3H7Cl.C2H6/c1-21-11-17-15-8-9-26-16-10-12(6-7-14(16)22(15)19(23)27-17)13-4-2-3-5-18(13)28(20,24)25;6-5-2-1-4(3-7)8-5;1-3-5-4-2;1-3(2)4;1-2/h2-7,10,15,17,21H,8-9,11H2,1H3,(H2,20,24,25);1-3H;3-5H,1H2,2H3;3H,1-2H3;1-2H3/b;;5-4-;;/t15-,17?;;;;/m0..../s1. The van der Waals surface area contributed by atoms with E-state index in [1.807, 2.05) is 53.8 Å². The van der Waals surface area contributed by atoms with Crippen molar-refractivity contribution in [3.63, 3.8) is 0 Å². The fourth-order valence-electron chi connectivity index (χ4n) is 4.30. The summed E-state index contributed by atoms with van der Waals surface area (Å²) < 4.78 is 35.9. The number of nitrogens with zero attached hydrogens (tertiary/aromatic N) is 1. The number of halogens is 2. The number of carbonyl (C=O) groups is 2. The smallest absolute Gasteiger partial charge is 0.415 e. The number of nitrogens with one attached hydrogen (secondary N) is 1. The molecule has 0 saturated carbocycles. The molecule has 3 N–H and O–H groups in total. The maximum absolute atomic E-state index is 12.5. The fourth-order valence-corrected chi connectivity index (χ4v) is 5.94. The number of aldehydes is 1. The number of cyclic esters (lactones) is 1. The average Bonchev–Trinajstić information content (AvgIpc) is 3.53. The molecular formula is C34H45Cl2N3O6S2. The summed E-state index contributed by atoms with van der Waals surface area (Å²) in [4.78, 5) is 24.8. The van der Waals surface area contributed by atoms with Gasteiger partial charge in [0.25, 0.3) is 0 Å². The summed E-state index contributed by atoms with van der Waals surface area (Å²) in [6.07, 6.45) is 6.34. The Hall–Kier alpha value is -3.19. The van der Waals surface area contributed by atoms with E-state index >= 15 is 0 Å². The number of allylic oxidation sites excluding steroid dienone is 3. The van der Waals surface area contributed by atoms with Crippen LogP contribution in [0.2, 0.25) is 4.34 Å². The van der Waals surface area contributed by atoms with Crippen molar-refractivity contribution < 1.29 is 27.5 Å². The molecule has 47 heavy (non-hydrogen) atoms. The maximum Gasteiger partial charge on any atom is 0.415 e. The van der Waals surface area contributed by atoms with Gasteiger partial charge in [0.2, 0.25) is 10.0 Å². The maximum atomic E-state index is 12.5. The van der Waals surface area contributed by atoms with E-state index in [4.69, 9.17) is 37.8 Å². The van der Waals surface area contributed by atoms with Crippen LogP contribution in [0.5, 0.6) is 5.75 Å². The summed E-state index contributed by atoms with van der Waals surface area (Å²) in [6, 6.07) is 15.0. The Morgan fingerprint density at radius 3 is 2.32 bits per heavy atom. The van der Waals surface area contributed by atoms with Crippen molar-refractivity contribution in [2.45, 2.75) is 63.5 Å². The molecule has 2 aliphatic rings. The Balaban J connectivity index is 0.000000476. The lowest BCUT2D eigenvalue weighted by Gasteiger charge is -2.22. The second-order valence-corrected chi connectivity index (χ2v) is 14.0. The highest BCUT2D eigenvalue weighted by atomic mass is 35.5. The van der Waals surface area contributed by atoms with Crippen molar-refractivity contribution >= 4 is 62.6 Å². The topological polar surface area (TPSA) is 128 Å². The Kier molecular flexibility index (Phi) is 19.3. The molecule has 3 aromatic rings. The molecular weight excluding hydrogens is 681 g/mol. The van der Waals surface area contributed by atoms with Gasteiger partial charge >= 0.3 is 6.09 Å². The molecule has 3 heterocycles. The summed E-state index contributed by atoms with van der Waals surface area (Å²) >= 11 is 12.1. The highest BCUT2D eigenvalue weighted by Gasteiger charge is 2.44. The molecule has 0 spiro atoms. The summed E-state index contributed by atoms with van der Waals surface area (Å²) in [6.45, 7) is 14.3. The van der Waals surface area contributed by atoms with Gasteiger partial charge in [-0.15, -0.1) is 22.9 Å². The number of sulfonamides is 1. The minimum absolute atomic E-state index is 0.0381. The summed E-state index contributed by atoms with van der Waals surface area (Å²) in [7, 11) is -2.07. The van der Waals surface area contributed by atoms with Crippen molar-refractivity contribution in [1.29, 1.82) is 0 Å². The van der Waals surface area contributed by atoms with Gasteiger partial charge < -0.3 is 14.8 Å². The van der Waals surface area contributed by atoms with Crippen LogP contribution in [-0.2, 0) is 14.8 Å². The van der Waals surface area contributed by atoms with Gasteiger partial charge in [0, 0.05) is 23.9 Å². The number of nitrogens with two attached hydrogens (primary N) is 1. The number of rotatable bonds is 6. The molecule has 5 rings (SSSR count). The van der Waals surface area contributed by atoms with Crippen LogP contribution in [0.15, 0.2) is 84.3 Å². The van der Waals surface area contributed by atoms with Gasteiger partial charge in [-0.05, 0) is 63.7 Å². The minimum Gasteiger partial charge on any atom is -0.491 e. The molecule has 0 aliphatic carbocycles. The first-order valence-corrected chi connectivity index (χ1v) is 18.2. The number of likely N-dealkylation sites (N-methyl/N-ethyl adjacent to an activating group) is 1. The zero-order valence-electron chi connectivity index (χ0n) is 27.6. The molecule has 2 aromatic carbocycles. The number of anilines is 1. The average molecular weight is 727 g/mol. The molecule has 2 aliphatic heterocycles. The van der Waals surface area contributed by atoms with E-state index in [-0.39, 0.29) is 17.0 Å². The molecule has 2 atom stereocenters. The molecule has 1 unspecified atom stereocenters. The van der Waals surface area contributed by atoms with Crippen LogP contribution in [0.1, 0.15) is 50.7 Å². The normalized spacial score (nSPS) is 16.1. The quantitative estimate of drug-likeness (QED) is 0.149. The number of thiophene rings is 1. The number of primary sulfonamides is 1. The van der Waals surface area contributed by atoms with Gasteiger partial charge in [-0.1, -0.05) is 74.5 Å². The third kappa shape index (κ3) is 13.4. The summed E-state index contributed by atoms with van der Waals surface area (Å²) in [5, 5.41) is 8.71. The minimum atomic E-state index is -3.88. The van der Waals surface area contributed by atoms with Crippen LogP contribution in [0.25, 0.3) is 11.1 Å². The number of carbonyl (C=O) groups excluding carboxylic acids is 2. The first-order valence-electron chi connectivity index (χ1n) is 15.0. The van der Waals surface area contributed by atoms with Gasteiger partial charge in [-0.2, -0.15) is 0 Å². The zero-order chi connectivity index (χ0) is 35.6. The molecule has 13 heteroatoms. The van der Waals surface area contributed by atoms with Gasteiger partial charge in [-0.3, -0.25) is 9.69 Å². The largest absolute Gasteiger partial charge is 0.491 e. The number of hydrogen-bond donors (Lipinski definition) is 2. The number of ether oxygens (including phenoxy) is 2. The molecule has 1 fully saturated rings. The number of amides is 1. The van der Waals surface area contributed by atoms with Crippen molar-refractivity contribution in [3.05, 3.63) is 88.6 Å². The van der Waals surface area contributed by atoms with Crippen LogP contribution in [0, 0.1) is 0 Å². The predicted octanol–water partition coefficient (Wildman–Crippen LogP) is 8.32. The number of fused-ring (bicyclic) bond motifs is 3. The number of benzene rings is 2. The third-order valence-corrected chi connectivity index (χ3v) is 8.17. The van der Waals surface area contributed by atoms with Gasteiger partial charge in [0.05, 0.1) is 32.4 Å². The van der Waals surface area contributed by atoms with E-state index in [0.717, 1.165) is 6.29 Å². The van der Waals surface area contributed by atoms with Crippen LogP contribution in [0.3, 0.4) is 0 Å². The van der Waals surface area contributed by atoms with Crippen LogP contribution < -0.4 is 20.1 Å². The second kappa shape index (κ2) is 21.6. The van der Waals surface area contributed by atoms with Crippen molar-refractivity contribution in [2.75, 3.05) is 25.1 Å². The lowest BCUT2D eigenvalue weighted by atomic mass is 10.0. The molecule has 1 saturated heterocycles. The predicted molar refractivity (Wildman–Crippen MR) is 196 cm³/mol. The van der Waals surface area contributed by atoms with E-state index in [2.05, 4.69) is 11.9 Å². The van der Waals surface area contributed by atoms with Crippen molar-refractivity contribution in [2.24, 2.45) is 5.14 Å². The van der Waals surface area contributed by atoms with Gasteiger partial charge in [0.1, 0.15) is 11.9 Å². The van der Waals surface area contributed by atoms with Gasteiger partial charge in [0.15, 0.2) is 6.29 Å². The Morgan fingerprint density at radius 2 is 1.83 bits per heavy atom. The van der Waals surface area contributed by atoms with Crippen LogP contribution >= 0.6 is 34.5 Å². The molecule has 0 radical (unpaired) electrons. The number of alkyl halides is 1. The van der Waals surface area contributed by atoms with Crippen LogP contribution in [0.4, 0.5) is 10.5 Å². The molecule has 0 bridgehead atoms. The first-order chi connectivity index (χ1) is 22.4. The van der Waals surface area contributed by atoms with E-state index in [0.29, 0.717) is 56.7 Å². The summed E-state index contributed by atoms with van der Waals surface area (Å²) in [5.74, 6) is 0.506. The van der Waals surface area contributed by atoms with Crippen molar-refractivity contribution in [1.82, 2.24) is 5.32 Å². The van der Waals surface area contributed by atoms with Gasteiger partial charge in [-0.25, -0.2) is 18.4 Å². The summed E-state index contributed by atoms with van der Waals surface area (Å²) in [5.41, 5.74) is 1.73. The molecule has 9 nitrogen and oxygen atoms in total. The van der Waals surface area contributed by atoms with E-state index < -0.39 is 16.1 Å². The Morgan fingerprint density at radius 1 is 1.17 bits per heavy atom. The molecule has 258 valence electrons. The number of hydrogen-bond acceptors (Lipinski definition) is 8. The second-order valence-electron chi connectivity index (χ2n) is 9.81. The lowest BCUT2D eigenvalue weighted by Crippen LogP contribution is -2.40. The lowest BCUT2D eigenvalue weighted by molar-refractivity contribution is 0.112. The molecule has 1 amide bonds. The fraction of sp³-hybridized carbons (Fsp3) is 0.353. The zero-order valence-corrected chi connectivity index (χ0v) is 30.8. The Labute approximate surface area is 293 Å². The van der Waals surface area contributed by atoms with Crippen LogP contribution in [-0.4, -0.2) is 58.5 Å². The monoisotopic (exact) mass is 725 g/mol. The Bertz CT molecular complexity index is 1560. The molecule has 1 aromatic heterocycles. The van der Waals surface area contributed by atoms with E-state index in [9.17, 15) is 18.0 Å². The third-order valence-electron chi connectivity index (χ3n) is 6.05. The van der Waals surface area contributed by atoms with Crippen molar-refractivity contribution in [3.8, 4) is 16.9 Å².